The molecule has 0 aromatic heterocycles. The molecular formula is C16H24NO6P. The van der Waals surface area contributed by atoms with Gasteiger partial charge in [0, 0.05) is 0 Å². The standard InChI is InChI=1S/C16H24NO6P/c1-4-22-24(21,23-5-2)12(3)15(18)14(17-16(19)20)11-13-9-7-6-8-10-13/h6-10,12,14,17H,4-5,11H2,1-3H3,(H,19,20)/t12?,14-/m0/s1. The van der Waals surface area contributed by atoms with Gasteiger partial charge in [-0.15, -0.1) is 0 Å². The first-order valence-corrected chi connectivity index (χ1v) is 9.41. The fourth-order valence-corrected chi connectivity index (χ4v) is 4.02. The highest BCUT2D eigenvalue weighted by Crippen LogP contribution is 2.53. The second-order valence-electron chi connectivity index (χ2n) is 5.15. The van der Waals surface area contributed by atoms with Crippen LogP contribution in [-0.4, -0.2) is 41.9 Å². The van der Waals surface area contributed by atoms with E-state index in [0.29, 0.717) is 0 Å². The predicted octanol–water partition coefficient (Wildman–Crippen LogP) is 3.09. The zero-order valence-corrected chi connectivity index (χ0v) is 15.0. The van der Waals surface area contributed by atoms with Gasteiger partial charge < -0.3 is 19.5 Å². The molecule has 1 rings (SSSR count). The number of hydrogen-bond acceptors (Lipinski definition) is 5. The number of benzene rings is 1. The quantitative estimate of drug-likeness (QED) is 0.624. The average Bonchev–Trinajstić information content (AvgIpc) is 2.54. The summed E-state index contributed by atoms with van der Waals surface area (Å²) in [6, 6.07) is 7.97. The molecule has 0 bridgehead atoms. The minimum atomic E-state index is -3.65. The maximum absolute atomic E-state index is 12.8. The van der Waals surface area contributed by atoms with Crippen molar-refractivity contribution < 1.29 is 28.3 Å². The molecule has 0 radical (unpaired) electrons. The van der Waals surface area contributed by atoms with Crippen LogP contribution in [0, 0.1) is 0 Å². The molecular weight excluding hydrogens is 333 g/mol. The minimum absolute atomic E-state index is 0.130. The Bertz CT molecular complexity index is 581. The number of Topliss-reactive ketones (excluding diaryl/α,β-unsaturated/α-hetero) is 1. The lowest BCUT2D eigenvalue weighted by Gasteiger charge is -2.26. The lowest BCUT2D eigenvalue weighted by molar-refractivity contribution is -0.120. The molecule has 2 atom stereocenters. The summed E-state index contributed by atoms with van der Waals surface area (Å²) in [5.41, 5.74) is -0.280. The van der Waals surface area contributed by atoms with E-state index in [9.17, 15) is 14.2 Å². The summed E-state index contributed by atoms with van der Waals surface area (Å²) in [5, 5.41) is 11.2. The molecule has 0 aliphatic rings. The van der Waals surface area contributed by atoms with Crippen LogP contribution < -0.4 is 5.32 Å². The van der Waals surface area contributed by atoms with Crippen molar-refractivity contribution in [3.05, 3.63) is 35.9 Å². The van der Waals surface area contributed by atoms with E-state index < -0.39 is 31.2 Å². The van der Waals surface area contributed by atoms with Crippen LogP contribution in [0.1, 0.15) is 26.3 Å². The number of ketones is 1. The molecule has 2 N–H and O–H groups in total. The molecule has 1 amide bonds. The Morgan fingerprint density at radius 2 is 1.71 bits per heavy atom. The van der Waals surface area contributed by atoms with Crippen LogP contribution in [0.4, 0.5) is 4.79 Å². The Hall–Kier alpha value is -1.69. The van der Waals surface area contributed by atoms with E-state index in [4.69, 9.17) is 14.2 Å². The van der Waals surface area contributed by atoms with Crippen LogP contribution in [0.25, 0.3) is 0 Å². The first-order valence-electron chi connectivity index (χ1n) is 7.80. The van der Waals surface area contributed by atoms with Crippen molar-refractivity contribution in [1.82, 2.24) is 5.32 Å². The highest BCUT2D eigenvalue weighted by atomic mass is 31.2. The van der Waals surface area contributed by atoms with Gasteiger partial charge in [0.1, 0.15) is 5.66 Å². The number of carbonyl (C=O) groups excluding carboxylic acids is 1. The van der Waals surface area contributed by atoms with Crippen LogP contribution in [-0.2, 0) is 24.8 Å². The number of carboxylic acid groups (broad SMARTS) is 1. The summed E-state index contributed by atoms with van der Waals surface area (Å²) >= 11 is 0. The Kier molecular flexibility index (Phi) is 8.11. The highest BCUT2D eigenvalue weighted by Gasteiger charge is 2.40. The van der Waals surface area contributed by atoms with Crippen LogP contribution in [0.2, 0.25) is 0 Å². The zero-order valence-electron chi connectivity index (χ0n) is 14.1. The first-order chi connectivity index (χ1) is 11.3. The molecule has 0 saturated carbocycles. The summed E-state index contributed by atoms with van der Waals surface area (Å²) in [4.78, 5) is 23.8. The predicted molar refractivity (Wildman–Crippen MR) is 90.4 cm³/mol. The SMILES string of the molecule is CCOP(=O)(OCC)C(C)C(=O)[C@H](Cc1ccccc1)NC(=O)O. The molecule has 134 valence electrons. The molecule has 0 heterocycles. The average molecular weight is 357 g/mol. The minimum Gasteiger partial charge on any atom is -0.465 e. The monoisotopic (exact) mass is 357 g/mol. The Morgan fingerprint density at radius 1 is 1.17 bits per heavy atom. The Balaban J connectivity index is 3.01. The van der Waals surface area contributed by atoms with E-state index in [1.807, 2.05) is 6.07 Å². The molecule has 24 heavy (non-hydrogen) atoms. The Morgan fingerprint density at radius 3 is 2.17 bits per heavy atom. The normalized spacial score (nSPS) is 14.0. The number of carbonyl (C=O) groups is 2. The van der Waals surface area contributed by atoms with Crippen LogP contribution in [0.5, 0.6) is 0 Å². The van der Waals surface area contributed by atoms with E-state index in [1.165, 1.54) is 6.92 Å². The molecule has 0 spiro atoms. The van der Waals surface area contributed by atoms with Gasteiger partial charge in [-0.2, -0.15) is 0 Å². The van der Waals surface area contributed by atoms with Crippen LogP contribution in [0.15, 0.2) is 30.3 Å². The maximum Gasteiger partial charge on any atom is 0.405 e. The van der Waals surface area contributed by atoms with Crippen LogP contribution in [0.3, 0.4) is 0 Å². The van der Waals surface area contributed by atoms with Crippen molar-refractivity contribution >= 4 is 19.5 Å². The van der Waals surface area contributed by atoms with Gasteiger partial charge in [0.25, 0.3) is 0 Å². The molecule has 0 aliphatic heterocycles. The first kappa shape index (κ1) is 20.4. The molecule has 1 aromatic carbocycles. The fraction of sp³-hybridized carbons (Fsp3) is 0.500. The van der Waals surface area contributed by atoms with Crippen molar-refractivity contribution in [1.29, 1.82) is 0 Å². The van der Waals surface area contributed by atoms with Gasteiger partial charge in [-0.1, -0.05) is 30.3 Å². The van der Waals surface area contributed by atoms with Gasteiger partial charge in [-0.3, -0.25) is 9.36 Å². The third-order valence-corrected chi connectivity index (χ3v) is 5.87. The Labute approximate surface area is 141 Å². The van der Waals surface area contributed by atoms with E-state index in [1.54, 1.807) is 38.1 Å². The van der Waals surface area contributed by atoms with E-state index >= 15 is 0 Å². The fourth-order valence-electron chi connectivity index (χ4n) is 2.29. The molecule has 0 fully saturated rings. The number of nitrogens with one attached hydrogen (secondary N) is 1. The summed E-state index contributed by atoms with van der Waals surface area (Å²) in [6.45, 7) is 5.00. The molecule has 8 heteroatoms. The van der Waals surface area contributed by atoms with Crippen molar-refractivity contribution in [2.24, 2.45) is 0 Å². The smallest absolute Gasteiger partial charge is 0.405 e. The molecule has 0 aliphatic carbocycles. The van der Waals surface area contributed by atoms with Crippen molar-refractivity contribution in [2.75, 3.05) is 13.2 Å². The van der Waals surface area contributed by atoms with Gasteiger partial charge in [-0.05, 0) is 32.8 Å². The van der Waals surface area contributed by atoms with E-state index in [2.05, 4.69) is 5.32 Å². The van der Waals surface area contributed by atoms with Crippen molar-refractivity contribution in [3.63, 3.8) is 0 Å². The molecule has 1 aromatic rings. The van der Waals surface area contributed by atoms with Gasteiger partial charge in [-0.25, -0.2) is 4.79 Å². The van der Waals surface area contributed by atoms with Gasteiger partial charge >= 0.3 is 13.7 Å². The number of rotatable bonds is 10. The number of amides is 1. The summed E-state index contributed by atoms with van der Waals surface area (Å²) in [7, 11) is -3.65. The van der Waals surface area contributed by atoms with E-state index in [0.717, 1.165) is 5.56 Å². The van der Waals surface area contributed by atoms with E-state index in [-0.39, 0.29) is 19.6 Å². The molecule has 0 saturated heterocycles. The lowest BCUT2D eigenvalue weighted by atomic mass is 10.0. The van der Waals surface area contributed by atoms with Crippen molar-refractivity contribution in [3.8, 4) is 0 Å². The van der Waals surface area contributed by atoms with Crippen LogP contribution >= 0.6 is 7.60 Å². The molecule has 1 unspecified atom stereocenters. The topological polar surface area (TPSA) is 102 Å². The second-order valence-corrected chi connectivity index (χ2v) is 7.52. The zero-order chi connectivity index (χ0) is 18.2. The molecule has 7 nitrogen and oxygen atoms in total. The third-order valence-electron chi connectivity index (χ3n) is 3.43. The largest absolute Gasteiger partial charge is 0.465 e. The third kappa shape index (κ3) is 5.74. The van der Waals surface area contributed by atoms with Gasteiger partial charge in [0.05, 0.1) is 19.3 Å². The highest BCUT2D eigenvalue weighted by molar-refractivity contribution is 7.55. The maximum atomic E-state index is 12.8. The summed E-state index contributed by atoms with van der Waals surface area (Å²) < 4.78 is 23.1. The van der Waals surface area contributed by atoms with Gasteiger partial charge in [0.2, 0.25) is 0 Å². The van der Waals surface area contributed by atoms with Crippen molar-refractivity contribution in [2.45, 2.75) is 38.9 Å². The van der Waals surface area contributed by atoms with Gasteiger partial charge in [0.15, 0.2) is 5.78 Å². The number of hydrogen-bond donors (Lipinski definition) is 2. The summed E-state index contributed by atoms with van der Waals surface area (Å²) in [6.07, 6.45) is -1.16. The second kappa shape index (κ2) is 9.57. The lowest BCUT2D eigenvalue weighted by Crippen LogP contribution is -2.45. The summed E-state index contributed by atoms with van der Waals surface area (Å²) in [5.74, 6) is -0.522.